The van der Waals surface area contributed by atoms with E-state index < -0.39 is 0 Å². The first-order chi connectivity index (χ1) is 12.4. The van der Waals surface area contributed by atoms with E-state index in [0.29, 0.717) is 0 Å². The molecule has 2 aliphatic rings. The number of allylic oxidation sites excluding steroid dienone is 3. The van der Waals surface area contributed by atoms with Gasteiger partial charge in [0.05, 0.1) is 0 Å². The standard InChI is InChI=1S/C24H18O/c1-3-9-17(10-4-1)21-16-22(18-11-5-2-6-12-18)25-23-15-19-13-7-8-14-20(19)24(21)23/h1-14,16,21H,15H2. The van der Waals surface area contributed by atoms with Gasteiger partial charge in [-0.3, -0.25) is 0 Å². The maximum atomic E-state index is 6.37. The van der Waals surface area contributed by atoms with E-state index in [4.69, 9.17) is 4.74 Å². The molecule has 1 heteroatoms. The Labute approximate surface area is 147 Å². The quantitative estimate of drug-likeness (QED) is 0.578. The summed E-state index contributed by atoms with van der Waals surface area (Å²) in [5.41, 5.74) is 6.45. The Morgan fingerprint density at radius 1 is 0.720 bits per heavy atom. The first-order valence-electron chi connectivity index (χ1n) is 8.71. The summed E-state index contributed by atoms with van der Waals surface area (Å²) < 4.78 is 6.37. The lowest BCUT2D eigenvalue weighted by Crippen LogP contribution is -2.08. The molecule has 1 aliphatic heterocycles. The Morgan fingerprint density at radius 2 is 1.40 bits per heavy atom. The average Bonchev–Trinajstić information content (AvgIpc) is 3.07. The van der Waals surface area contributed by atoms with Crippen molar-refractivity contribution in [1.82, 2.24) is 0 Å². The van der Waals surface area contributed by atoms with Crippen LogP contribution in [0.25, 0.3) is 11.3 Å². The van der Waals surface area contributed by atoms with Crippen LogP contribution in [0.1, 0.15) is 28.2 Å². The molecule has 1 unspecified atom stereocenters. The summed E-state index contributed by atoms with van der Waals surface area (Å²) in [5, 5.41) is 0. The van der Waals surface area contributed by atoms with Gasteiger partial charge in [0.1, 0.15) is 11.5 Å². The molecule has 0 spiro atoms. The van der Waals surface area contributed by atoms with E-state index >= 15 is 0 Å². The van der Waals surface area contributed by atoms with Crippen LogP contribution in [0.5, 0.6) is 0 Å². The van der Waals surface area contributed by atoms with Crippen molar-refractivity contribution in [2.45, 2.75) is 12.3 Å². The lowest BCUT2D eigenvalue weighted by molar-refractivity contribution is 0.368. The largest absolute Gasteiger partial charge is 0.461 e. The maximum absolute atomic E-state index is 6.37. The maximum Gasteiger partial charge on any atom is 0.131 e. The zero-order valence-electron chi connectivity index (χ0n) is 13.9. The molecule has 0 saturated heterocycles. The van der Waals surface area contributed by atoms with Crippen molar-refractivity contribution in [3.8, 4) is 0 Å². The molecule has 1 aliphatic carbocycles. The van der Waals surface area contributed by atoms with Crippen LogP contribution < -0.4 is 0 Å². The van der Waals surface area contributed by atoms with Crippen LogP contribution in [-0.4, -0.2) is 0 Å². The average molecular weight is 322 g/mol. The summed E-state index contributed by atoms with van der Waals surface area (Å²) in [5.74, 6) is 2.28. The summed E-state index contributed by atoms with van der Waals surface area (Å²) >= 11 is 0. The van der Waals surface area contributed by atoms with Gasteiger partial charge in [-0.2, -0.15) is 0 Å². The van der Waals surface area contributed by atoms with E-state index in [2.05, 4.69) is 84.9 Å². The molecule has 1 atom stereocenters. The predicted molar refractivity (Wildman–Crippen MR) is 102 cm³/mol. The van der Waals surface area contributed by atoms with Crippen molar-refractivity contribution < 1.29 is 4.74 Å². The zero-order valence-corrected chi connectivity index (χ0v) is 13.9. The van der Waals surface area contributed by atoms with E-state index in [9.17, 15) is 0 Å². The first-order valence-corrected chi connectivity index (χ1v) is 8.71. The molecule has 1 heterocycles. The van der Waals surface area contributed by atoms with E-state index in [1.165, 1.54) is 22.3 Å². The van der Waals surface area contributed by atoms with E-state index in [1.807, 2.05) is 6.07 Å². The highest BCUT2D eigenvalue weighted by atomic mass is 16.5. The van der Waals surface area contributed by atoms with Crippen LogP contribution in [0.4, 0.5) is 0 Å². The van der Waals surface area contributed by atoms with Crippen LogP contribution in [0.3, 0.4) is 0 Å². The van der Waals surface area contributed by atoms with Gasteiger partial charge in [-0.15, -0.1) is 0 Å². The van der Waals surface area contributed by atoms with Gasteiger partial charge in [0.15, 0.2) is 0 Å². The number of fused-ring (bicyclic) bond motifs is 2. The summed E-state index contributed by atoms with van der Waals surface area (Å²) in [6.07, 6.45) is 3.14. The van der Waals surface area contributed by atoms with Gasteiger partial charge in [-0.05, 0) is 22.8 Å². The molecule has 3 aromatic rings. The second-order valence-electron chi connectivity index (χ2n) is 6.56. The van der Waals surface area contributed by atoms with Gasteiger partial charge in [0, 0.05) is 23.5 Å². The van der Waals surface area contributed by atoms with Gasteiger partial charge in [0.2, 0.25) is 0 Å². The number of benzene rings is 3. The number of rotatable bonds is 2. The molecule has 1 nitrogen and oxygen atoms in total. The van der Waals surface area contributed by atoms with E-state index in [0.717, 1.165) is 23.5 Å². The topological polar surface area (TPSA) is 9.23 Å². The van der Waals surface area contributed by atoms with Crippen molar-refractivity contribution >= 4 is 11.3 Å². The minimum absolute atomic E-state index is 0.226. The number of ether oxygens (including phenoxy) is 1. The van der Waals surface area contributed by atoms with Crippen molar-refractivity contribution in [3.05, 3.63) is 119 Å². The van der Waals surface area contributed by atoms with Crippen LogP contribution >= 0.6 is 0 Å². The van der Waals surface area contributed by atoms with Gasteiger partial charge in [0.25, 0.3) is 0 Å². The monoisotopic (exact) mass is 322 g/mol. The molecule has 0 bridgehead atoms. The third kappa shape index (κ3) is 2.40. The highest BCUT2D eigenvalue weighted by Gasteiger charge is 2.33. The van der Waals surface area contributed by atoms with Gasteiger partial charge in [-0.1, -0.05) is 84.9 Å². The van der Waals surface area contributed by atoms with Gasteiger partial charge in [-0.25, -0.2) is 0 Å². The fourth-order valence-corrected chi connectivity index (χ4v) is 3.87. The van der Waals surface area contributed by atoms with E-state index in [-0.39, 0.29) is 5.92 Å². The third-order valence-corrected chi connectivity index (χ3v) is 5.04. The van der Waals surface area contributed by atoms with Crippen molar-refractivity contribution in [2.75, 3.05) is 0 Å². The molecule has 0 amide bonds. The highest BCUT2D eigenvalue weighted by Crippen LogP contribution is 2.48. The second-order valence-corrected chi connectivity index (χ2v) is 6.56. The molecule has 0 radical (unpaired) electrons. The SMILES string of the molecule is C1=C(c2ccccc2)OC2=C(c3ccccc3C2)C1c1ccccc1. The summed E-state index contributed by atoms with van der Waals surface area (Å²) in [7, 11) is 0. The molecular weight excluding hydrogens is 304 g/mol. The Balaban J connectivity index is 1.66. The molecule has 3 aromatic carbocycles. The molecule has 0 aromatic heterocycles. The van der Waals surface area contributed by atoms with Crippen molar-refractivity contribution in [1.29, 1.82) is 0 Å². The second kappa shape index (κ2) is 5.78. The fraction of sp³-hybridized carbons (Fsp3) is 0.0833. The summed E-state index contributed by atoms with van der Waals surface area (Å²) in [6, 6.07) is 29.8. The Bertz CT molecular complexity index is 981. The van der Waals surface area contributed by atoms with Crippen molar-refractivity contribution in [3.63, 3.8) is 0 Å². The minimum Gasteiger partial charge on any atom is -0.461 e. The fourth-order valence-electron chi connectivity index (χ4n) is 3.87. The molecular formula is C24H18O. The van der Waals surface area contributed by atoms with Crippen LogP contribution in [-0.2, 0) is 11.2 Å². The number of hydrogen-bond donors (Lipinski definition) is 0. The van der Waals surface area contributed by atoms with Crippen LogP contribution in [0.15, 0.2) is 96.8 Å². The van der Waals surface area contributed by atoms with Gasteiger partial charge >= 0.3 is 0 Å². The molecule has 0 saturated carbocycles. The van der Waals surface area contributed by atoms with E-state index in [1.54, 1.807) is 0 Å². The number of hydrogen-bond acceptors (Lipinski definition) is 1. The molecule has 0 N–H and O–H groups in total. The molecule has 5 rings (SSSR count). The van der Waals surface area contributed by atoms with Crippen LogP contribution in [0, 0.1) is 0 Å². The Morgan fingerprint density at radius 3 is 2.20 bits per heavy atom. The lowest BCUT2D eigenvalue weighted by atomic mass is 9.85. The summed E-state index contributed by atoms with van der Waals surface area (Å²) in [6.45, 7) is 0. The zero-order chi connectivity index (χ0) is 16.6. The Kier molecular flexibility index (Phi) is 3.31. The van der Waals surface area contributed by atoms with Crippen LogP contribution in [0.2, 0.25) is 0 Å². The van der Waals surface area contributed by atoms with Gasteiger partial charge < -0.3 is 4.74 Å². The third-order valence-electron chi connectivity index (χ3n) is 5.04. The summed E-state index contributed by atoms with van der Waals surface area (Å²) in [4.78, 5) is 0. The smallest absolute Gasteiger partial charge is 0.131 e. The normalized spacial score (nSPS) is 18.2. The molecule has 120 valence electrons. The molecule has 25 heavy (non-hydrogen) atoms. The Hall–Kier alpha value is -3.06. The minimum atomic E-state index is 0.226. The van der Waals surface area contributed by atoms with Crippen molar-refractivity contribution in [2.24, 2.45) is 0 Å². The highest BCUT2D eigenvalue weighted by molar-refractivity contribution is 5.85. The molecule has 0 fully saturated rings. The first kappa shape index (κ1) is 14.3. The lowest BCUT2D eigenvalue weighted by Gasteiger charge is -2.25. The predicted octanol–water partition coefficient (Wildman–Crippen LogP) is 5.81.